The maximum absolute atomic E-state index is 12.4. The van der Waals surface area contributed by atoms with Crippen LogP contribution in [0.3, 0.4) is 0 Å². The van der Waals surface area contributed by atoms with E-state index in [1.807, 2.05) is 24.3 Å². The minimum atomic E-state index is -0.508. The molecular formula is C17H22O3. The molecule has 0 fully saturated rings. The quantitative estimate of drug-likeness (QED) is 0.774. The van der Waals surface area contributed by atoms with Crippen LogP contribution in [0.4, 0.5) is 0 Å². The van der Waals surface area contributed by atoms with Crippen LogP contribution in [0.2, 0.25) is 0 Å². The summed E-state index contributed by atoms with van der Waals surface area (Å²) in [7, 11) is 3.30. The fraction of sp³-hybridized carbons (Fsp3) is 0.471. The number of rotatable bonds is 5. The van der Waals surface area contributed by atoms with E-state index in [1.165, 1.54) is 5.57 Å². The predicted molar refractivity (Wildman–Crippen MR) is 79.0 cm³/mol. The molecule has 2 rings (SSSR count). The average molecular weight is 274 g/mol. The molecule has 1 unspecified atom stereocenters. The number of carbonyl (C=O) groups is 1. The molecule has 0 aliphatic heterocycles. The third-order valence-corrected chi connectivity index (χ3v) is 3.90. The fourth-order valence-corrected chi connectivity index (χ4v) is 2.87. The first kappa shape index (κ1) is 14.8. The van der Waals surface area contributed by atoms with E-state index in [4.69, 9.17) is 9.47 Å². The van der Waals surface area contributed by atoms with Crippen molar-refractivity contribution in [2.45, 2.75) is 26.2 Å². The second-order valence-corrected chi connectivity index (χ2v) is 5.53. The molecule has 0 spiro atoms. The molecule has 0 saturated heterocycles. The number of methoxy groups -OCH3 is 2. The third-order valence-electron chi connectivity index (χ3n) is 3.90. The second-order valence-electron chi connectivity index (χ2n) is 5.53. The van der Waals surface area contributed by atoms with Gasteiger partial charge in [-0.3, -0.25) is 4.79 Å². The van der Waals surface area contributed by atoms with Gasteiger partial charge in [0.1, 0.15) is 11.5 Å². The molecule has 108 valence electrons. The zero-order valence-corrected chi connectivity index (χ0v) is 12.4. The van der Waals surface area contributed by atoms with Crippen molar-refractivity contribution >= 4 is 5.78 Å². The van der Waals surface area contributed by atoms with E-state index >= 15 is 0 Å². The molecule has 1 aromatic carbocycles. The summed E-state index contributed by atoms with van der Waals surface area (Å²) in [6.07, 6.45) is 4.27. The molecule has 0 saturated carbocycles. The smallest absolute Gasteiger partial charge is 0.145 e. The summed E-state index contributed by atoms with van der Waals surface area (Å²) in [5.74, 6) is 1.11. The molecule has 0 N–H and O–H groups in total. The molecule has 20 heavy (non-hydrogen) atoms. The van der Waals surface area contributed by atoms with Crippen LogP contribution < -0.4 is 4.74 Å². The number of benzene rings is 1. The normalized spacial score (nSPS) is 22.6. The van der Waals surface area contributed by atoms with E-state index in [0.29, 0.717) is 19.4 Å². The number of hydrogen-bond acceptors (Lipinski definition) is 3. The van der Waals surface area contributed by atoms with Crippen LogP contribution in [-0.4, -0.2) is 26.6 Å². The van der Waals surface area contributed by atoms with Gasteiger partial charge in [0.05, 0.1) is 19.1 Å². The molecule has 0 bridgehead atoms. The Morgan fingerprint density at radius 1 is 1.15 bits per heavy atom. The first-order chi connectivity index (χ1) is 9.59. The van der Waals surface area contributed by atoms with E-state index in [2.05, 4.69) is 13.0 Å². The SMILES string of the molecule is COCC1(Cc2ccc(OC)cc2)C=C(C)CCC1=O. The zero-order chi connectivity index (χ0) is 14.6. The number of Topliss-reactive ketones (excluding diaryl/α,β-unsaturated/α-hetero) is 1. The molecule has 0 amide bonds. The molecule has 1 atom stereocenters. The minimum absolute atomic E-state index is 0.278. The Balaban J connectivity index is 2.28. The maximum atomic E-state index is 12.4. The lowest BCUT2D eigenvalue weighted by atomic mass is 9.72. The maximum Gasteiger partial charge on any atom is 0.145 e. The summed E-state index contributed by atoms with van der Waals surface area (Å²) in [5.41, 5.74) is 1.89. The lowest BCUT2D eigenvalue weighted by Gasteiger charge is -2.33. The average Bonchev–Trinajstić information content (AvgIpc) is 2.44. The topological polar surface area (TPSA) is 35.5 Å². The largest absolute Gasteiger partial charge is 0.497 e. The number of ketones is 1. The van der Waals surface area contributed by atoms with Crippen molar-refractivity contribution in [3.63, 3.8) is 0 Å². The molecule has 0 aromatic heterocycles. The Hall–Kier alpha value is -1.61. The van der Waals surface area contributed by atoms with Crippen molar-refractivity contribution in [1.82, 2.24) is 0 Å². The molecule has 1 aromatic rings. The molecule has 1 aliphatic carbocycles. The number of allylic oxidation sites excluding steroid dienone is 1. The lowest BCUT2D eigenvalue weighted by molar-refractivity contribution is -0.129. The molecule has 0 heterocycles. The third kappa shape index (κ3) is 3.10. The molecule has 1 aliphatic rings. The van der Waals surface area contributed by atoms with Crippen molar-refractivity contribution in [1.29, 1.82) is 0 Å². The highest BCUT2D eigenvalue weighted by atomic mass is 16.5. The zero-order valence-electron chi connectivity index (χ0n) is 12.4. The van der Waals surface area contributed by atoms with Gasteiger partial charge in [-0.1, -0.05) is 23.8 Å². The van der Waals surface area contributed by atoms with E-state index < -0.39 is 5.41 Å². The Kier molecular flexibility index (Phi) is 4.61. The summed E-state index contributed by atoms with van der Waals surface area (Å²) in [4.78, 5) is 12.4. The Morgan fingerprint density at radius 2 is 1.85 bits per heavy atom. The highest BCUT2D eigenvalue weighted by molar-refractivity contribution is 5.88. The molecule has 0 radical (unpaired) electrons. The van der Waals surface area contributed by atoms with E-state index in [9.17, 15) is 4.79 Å². The van der Waals surface area contributed by atoms with Crippen LogP contribution in [0, 0.1) is 5.41 Å². The van der Waals surface area contributed by atoms with Crippen molar-refractivity contribution in [2.75, 3.05) is 20.8 Å². The Labute approximate surface area is 120 Å². The molecule has 3 nitrogen and oxygen atoms in total. The fourth-order valence-electron chi connectivity index (χ4n) is 2.87. The lowest BCUT2D eigenvalue weighted by Crippen LogP contribution is -2.38. The number of hydrogen-bond donors (Lipinski definition) is 0. The summed E-state index contributed by atoms with van der Waals surface area (Å²) in [6, 6.07) is 7.89. The molecular weight excluding hydrogens is 252 g/mol. The van der Waals surface area contributed by atoms with E-state index in [-0.39, 0.29) is 5.78 Å². The van der Waals surface area contributed by atoms with Gasteiger partial charge < -0.3 is 9.47 Å². The summed E-state index contributed by atoms with van der Waals surface area (Å²) >= 11 is 0. The van der Waals surface area contributed by atoms with Crippen LogP contribution in [0.25, 0.3) is 0 Å². The van der Waals surface area contributed by atoms with Gasteiger partial charge in [0.2, 0.25) is 0 Å². The van der Waals surface area contributed by atoms with Gasteiger partial charge >= 0.3 is 0 Å². The van der Waals surface area contributed by atoms with Crippen molar-refractivity contribution in [3.8, 4) is 5.75 Å². The summed E-state index contributed by atoms with van der Waals surface area (Å²) in [5, 5.41) is 0. The highest BCUT2D eigenvalue weighted by Crippen LogP contribution is 2.35. The summed E-state index contributed by atoms with van der Waals surface area (Å²) in [6.45, 7) is 2.53. The monoisotopic (exact) mass is 274 g/mol. The Bertz CT molecular complexity index is 501. The first-order valence-corrected chi connectivity index (χ1v) is 6.93. The van der Waals surface area contributed by atoms with Crippen LogP contribution in [0.5, 0.6) is 5.75 Å². The minimum Gasteiger partial charge on any atom is -0.497 e. The van der Waals surface area contributed by atoms with E-state index in [1.54, 1.807) is 14.2 Å². The number of carbonyl (C=O) groups excluding carboxylic acids is 1. The van der Waals surface area contributed by atoms with E-state index in [0.717, 1.165) is 17.7 Å². The van der Waals surface area contributed by atoms with Gasteiger partial charge in [0.15, 0.2) is 0 Å². The van der Waals surface area contributed by atoms with Crippen molar-refractivity contribution in [3.05, 3.63) is 41.5 Å². The highest BCUT2D eigenvalue weighted by Gasteiger charge is 2.38. The second kappa shape index (κ2) is 6.23. The van der Waals surface area contributed by atoms with Gasteiger partial charge in [-0.05, 0) is 37.5 Å². The van der Waals surface area contributed by atoms with Crippen LogP contribution in [0.1, 0.15) is 25.3 Å². The standard InChI is InChI=1S/C17H22O3/c1-13-4-9-16(18)17(10-13,12-19-2)11-14-5-7-15(20-3)8-6-14/h5-8,10H,4,9,11-12H2,1-3H3. The molecule has 3 heteroatoms. The first-order valence-electron chi connectivity index (χ1n) is 6.93. The van der Waals surface area contributed by atoms with Crippen LogP contribution >= 0.6 is 0 Å². The summed E-state index contributed by atoms with van der Waals surface area (Å²) < 4.78 is 10.5. The van der Waals surface area contributed by atoms with Gasteiger partial charge in [-0.25, -0.2) is 0 Å². The Morgan fingerprint density at radius 3 is 2.45 bits per heavy atom. The van der Waals surface area contributed by atoms with Gasteiger partial charge in [-0.2, -0.15) is 0 Å². The van der Waals surface area contributed by atoms with Gasteiger partial charge in [0, 0.05) is 13.5 Å². The van der Waals surface area contributed by atoms with Crippen molar-refractivity contribution < 1.29 is 14.3 Å². The van der Waals surface area contributed by atoms with Crippen LogP contribution in [0.15, 0.2) is 35.9 Å². The van der Waals surface area contributed by atoms with Crippen LogP contribution in [-0.2, 0) is 16.0 Å². The number of ether oxygens (including phenoxy) is 2. The predicted octanol–water partition coefficient (Wildman–Crippen LogP) is 3.18. The van der Waals surface area contributed by atoms with Crippen molar-refractivity contribution in [2.24, 2.45) is 5.41 Å². The van der Waals surface area contributed by atoms with Gasteiger partial charge in [-0.15, -0.1) is 0 Å². The van der Waals surface area contributed by atoms with Gasteiger partial charge in [0.25, 0.3) is 0 Å².